The fourth-order valence-corrected chi connectivity index (χ4v) is 4.96. The van der Waals surface area contributed by atoms with Crippen molar-refractivity contribution in [3.63, 3.8) is 0 Å². The lowest BCUT2D eigenvalue weighted by Crippen LogP contribution is -2.27. The predicted molar refractivity (Wildman–Crippen MR) is 156 cm³/mol. The Bertz CT molecular complexity index is 1260. The molecule has 0 saturated heterocycles. The molecule has 0 heterocycles. The van der Waals surface area contributed by atoms with Gasteiger partial charge in [-0.1, -0.05) is 81.0 Å². The van der Waals surface area contributed by atoms with E-state index in [0.717, 1.165) is 30.6 Å². The zero-order valence-corrected chi connectivity index (χ0v) is 23.6. The smallest absolute Gasteiger partial charge is 0.335 e. The normalized spacial score (nSPS) is 14.7. The predicted octanol–water partition coefficient (Wildman–Crippen LogP) is 6.99. The molecule has 0 radical (unpaired) electrons. The molecule has 206 valence electrons. The summed E-state index contributed by atoms with van der Waals surface area (Å²) in [5, 5.41) is 0. The number of ether oxygens (including phenoxy) is 4. The van der Waals surface area contributed by atoms with E-state index in [1.165, 1.54) is 40.5 Å². The van der Waals surface area contributed by atoms with Crippen LogP contribution in [0.25, 0.3) is 12.2 Å². The summed E-state index contributed by atoms with van der Waals surface area (Å²) in [5.74, 6) is 0.412. The highest BCUT2D eigenvalue weighted by atomic mass is 16.6. The minimum absolute atomic E-state index is 0.160. The second-order valence-electron chi connectivity index (χ2n) is 9.79. The van der Waals surface area contributed by atoms with Crippen molar-refractivity contribution in [2.45, 2.75) is 58.7 Å². The van der Waals surface area contributed by atoms with Gasteiger partial charge in [0.2, 0.25) is 0 Å². The number of carbonyl (C=O) groups excluding carboxylic acids is 1. The average Bonchev–Trinajstić information content (AvgIpc) is 3.11. The summed E-state index contributed by atoms with van der Waals surface area (Å²) in [6.07, 6.45) is 7.28. The highest BCUT2D eigenvalue weighted by Gasteiger charge is 2.23. The monoisotopic (exact) mass is 528 g/mol. The molecule has 2 unspecified atom stereocenters. The molecule has 5 heteroatoms. The Morgan fingerprint density at radius 3 is 2.28 bits per heavy atom. The molecule has 0 N–H and O–H groups in total. The first-order valence-electron chi connectivity index (χ1n) is 14.0. The number of rotatable bonds is 13. The van der Waals surface area contributed by atoms with Crippen molar-refractivity contribution in [1.29, 1.82) is 0 Å². The summed E-state index contributed by atoms with van der Waals surface area (Å²) in [6, 6.07) is 21.2. The van der Waals surface area contributed by atoms with Crippen molar-refractivity contribution < 1.29 is 23.7 Å². The average molecular weight is 529 g/mol. The van der Waals surface area contributed by atoms with Crippen LogP contribution in [0.2, 0.25) is 0 Å². The van der Waals surface area contributed by atoms with E-state index in [2.05, 4.69) is 62.4 Å². The molecule has 2 atom stereocenters. The first-order valence-corrected chi connectivity index (χ1v) is 14.0. The lowest BCUT2D eigenvalue weighted by Gasteiger charge is -2.22. The molecule has 0 aromatic heterocycles. The standard InChI is InChI=1S/C34H40O5/c1-5-8-25-12-18-30-28(21-25)15-14-27-13-9-24(6-2)22-31(27)33(30)39-20-19-38-29-16-10-26(11-17-29)23-32(36-4)34(35)37-7-3/h9-18,21-22,32-33H,5-8,19-20,23H2,1-4H3. The summed E-state index contributed by atoms with van der Waals surface area (Å²) in [4.78, 5) is 12.0. The van der Waals surface area contributed by atoms with Crippen LogP contribution in [-0.2, 0) is 38.3 Å². The van der Waals surface area contributed by atoms with Crippen molar-refractivity contribution in [2.24, 2.45) is 0 Å². The molecule has 0 fully saturated rings. The minimum atomic E-state index is -0.615. The second-order valence-corrected chi connectivity index (χ2v) is 9.79. The van der Waals surface area contributed by atoms with Gasteiger partial charge in [-0.2, -0.15) is 0 Å². The van der Waals surface area contributed by atoms with Crippen LogP contribution in [0, 0.1) is 0 Å². The Balaban J connectivity index is 1.42. The topological polar surface area (TPSA) is 54.0 Å². The van der Waals surface area contributed by atoms with Crippen molar-refractivity contribution in [2.75, 3.05) is 26.9 Å². The molecule has 0 saturated carbocycles. The summed E-state index contributed by atoms with van der Waals surface area (Å²) >= 11 is 0. The minimum Gasteiger partial charge on any atom is -0.491 e. The number of methoxy groups -OCH3 is 1. The van der Waals surface area contributed by atoms with E-state index >= 15 is 0 Å². The third-order valence-corrected chi connectivity index (χ3v) is 7.07. The van der Waals surface area contributed by atoms with Gasteiger partial charge in [-0.25, -0.2) is 4.79 Å². The zero-order valence-electron chi connectivity index (χ0n) is 23.6. The van der Waals surface area contributed by atoms with Crippen molar-refractivity contribution in [3.05, 3.63) is 99.6 Å². The number of fused-ring (bicyclic) bond motifs is 2. The Labute approximate surface area is 232 Å². The molecule has 0 aliphatic heterocycles. The molecule has 0 amide bonds. The molecule has 3 aromatic carbocycles. The van der Waals surface area contributed by atoms with Gasteiger partial charge >= 0.3 is 5.97 Å². The number of benzene rings is 3. The molecule has 4 rings (SSSR count). The fourth-order valence-electron chi connectivity index (χ4n) is 4.96. The van der Waals surface area contributed by atoms with Gasteiger partial charge in [-0.05, 0) is 70.8 Å². The van der Waals surface area contributed by atoms with E-state index in [0.29, 0.717) is 26.2 Å². The molecule has 39 heavy (non-hydrogen) atoms. The maximum atomic E-state index is 12.0. The van der Waals surface area contributed by atoms with Gasteiger partial charge < -0.3 is 18.9 Å². The van der Waals surface area contributed by atoms with Gasteiger partial charge in [0.25, 0.3) is 0 Å². The van der Waals surface area contributed by atoms with Crippen LogP contribution in [0.3, 0.4) is 0 Å². The van der Waals surface area contributed by atoms with Gasteiger partial charge in [0.15, 0.2) is 6.10 Å². The van der Waals surface area contributed by atoms with Gasteiger partial charge in [0, 0.05) is 13.5 Å². The van der Waals surface area contributed by atoms with Gasteiger partial charge in [0.1, 0.15) is 18.5 Å². The lowest BCUT2D eigenvalue weighted by atomic mass is 9.93. The van der Waals surface area contributed by atoms with Crippen LogP contribution in [0.1, 0.15) is 72.2 Å². The lowest BCUT2D eigenvalue weighted by molar-refractivity contribution is -0.154. The zero-order chi connectivity index (χ0) is 27.6. The first kappa shape index (κ1) is 28.6. The molecule has 3 aromatic rings. The van der Waals surface area contributed by atoms with Crippen molar-refractivity contribution in [3.8, 4) is 5.75 Å². The highest BCUT2D eigenvalue weighted by Crippen LogP contribution is 2.36. The third kappa shape index (κ3) is 7.37. The van der Waals surface area contributed by atoms with E-state index in [1.54, 1.807) is 6.92 Å². The molecule has 1 aliphatic rings. The van der Waals surface area contributed by atoms with Gasteiger partial charge in [-0.15, -0.1) is 0 Å². The van der Waals surface area contributed by atoms with Crippen molar-refractivity contribution >= 4 is 18.1 Å². The van der Waals surface area contributed by atoms with Crippen LogP contribution in [-0.4, -0.2) is 39.0 Å². The molecule has 0 bridgehead atoms. The molecular weight excluding hydrogens is 488 g/mol. The van der Waals surface area contributed by atoms with E-state index in [-0.39, 0.29) is 12.1 Å². The third-order valence-electron chi connectivity index (χ3n) is 7.07. The Morgan fingerprint density at radius 1 is 0.821 bits per heavy atom. The van der Waals surface area contributed by atoms with Crippen LogP contribution in [0.15, 0.2) is 60.7 Å². The number of carbonyl (C=O) groups is 1. The van der Waals surface area contributed by atoms with Crippen LogP contribution >= 0.6 is 0 Å². The van der Waals surface area contributed by atoms with E-state index in [9.17, 15) is 4.79 Å². The summed E-state index contributed by atoms with van der Waals surface area (Å²) < 4.78 is 22.9. The molecule has 5 nitrogen and oxygen atoms in total. The molecular formula is C34H40O5. The Hall–Kier alpha value is -3.41. The van der Waals surface area contributed by atoms with E-state index < -0.39 is 6.10 Å². The van der Waals surface area contributed by atoms with E-state index in [1.807, 2.05) is 24.3 Å². The highest BCUT2D eigenvalue weighted by molar-refractivity contribution is 5.77. The van der Waals surface area contributed by atoms with Crippen LogP contribution in [0.4, 0.5) is 0 Å². The second kappa shape index (κ2) is 14.1. The summed E-state index contributed by atoms with van der Waals surface area (Å²) in [5.41, 5.74) is 8.44. The van der Waals surface area contributed by atoms with Crippen LogP contribution in [0.5, 0.6) is 5.75 Å². The molecule has 1 aliphatic carbocycles. The summed E-state index contributed by atoms with van der Waals surface area (Å²) in [7, 11) is 1.52. The van der Waals surface area contributed by atoms with Gasteiger partial charge in [0.05, 0.1) is 13.2 Å². The van der Waals surface area contributed by atoms with E-state index in [4.69, 9.17) is 18.9 Å². The fraction of sp³-hybridized carbons (Fsp3) is 0.382. The largest absolute Gasteiger partial charge is 0.491 e. The Morgan fingerprint density at radius 2 is 1.56 bits per heavy atom. The van der Waals surface area contributed by atoms with Crippen molar-refractivity contribution in [1.82, 2.24) is 0 Å². The Kier molecular flexibility index (Phi) is 10.3. The van der Waals surface area contributed by atoms with Crippen LogP contribution < -0.4 is 4.74 Å². The maximum Gasteiger partial charge on any atom is 0.335 e. The first-order chi connectivity index (χ1) is 19.1. The summed E-state index contributed by atoms with van der Waals surface area (Å²) in [6.45, 7) is 7.40. The quantitative estimate of drug-likeness (QED) is 0.177. The van der Waals surface area contributed by atoms with Gasteiger partial charge in [-0.3, -0.25) is 0 Å². The number of hydrogen-bond acceptors (Lipinski definition) is 5. The number of aryl methyl sites for hydroxylation is 2. The molecule has 0 spiro atoms. The SMILES string of the molecule is CCCc1ccc2c(c1)C=Cc1ccc(CC)cc1C2OCCOc1ccc(CC(OC)C(=O)OCC)cc1. The number of hydrogen-bond donors (Lipinski definition) is 0. The maximum absolute atomic E-state index is 12.0. The number of esters is 1.